The lowest BCUT2D eigenvalue weighted by atomic mass is 10.1. The molecule has 0 saturated carbocycles. The van der Waals surface area contributed by atoms with Gasteiger partial charge in [0.05, 0.1) is 12.2 Å². The largest absolute Gasteiger partial charge is 0.374 e. The summed E-state index contributed by atoms with van der Waals surface area (Å²) < 4.78 is 19.6. The minimum atomic E-state index is -0.243. The first-order chi connectivity index (χ1) is 7.78. The molecule has 1 atom stereocenters. The number of hydrogen-bond acceptors (Lipinski definition) is 2. The molecule has 1 aromatic carbocycles. The van der Waals surface area contributed by atoms with Gasteiger partial charge in [0.15, 0.2) is 0 Å². The summed E-state index contributed by atoms with van der Waals surface area (Å²) in [7, 11) is 0. The fourth-order valence-corrected chi connectivity index (χ4v) is 1.81. The number of benzene rings is 1. The molecule has 0 heterocycles. The van der Waals surface area contributed by atoms with E-state index in [4.69, 9.17) is 10.5 Å². The molecule has 96 valence electrons. The minimum absolute atomic E-state index is 0.132. The highest BCUT2D eigenvalue weighted by Gasteiger charge is 2.14. The Morgan fingerprint density at radius 2 is 2.06 bits per heavy atom. The lowest BCUT2D eigenvalue weighted by molar-refractivity contribution is -0.00985. The second kappa shape index (κ2) is 5.94. The highest BCUT2D eigenvalue weighted by molar-refractivity contribution is 9.10. The van der Waals surface area contributed by atoms with Crippen LogP contribution in [0.2, 0.25) is 0 Å². The van der Waals surface area contributed by atoms with Gasteiger partial charge in [-0.05, 0) is 51.0 Å². The number of hydrogen-bond donors (Lipinski definition) is 1. The van der Waals surface area contributed by atoms with Gasteiger partial charge in [0.2, 0.25) is 0 Å². The average Bonchev–Trinajstić information content (AvgIpc) is 2.20. The summed E-state index contributed by atoms with van der Waals surface area (Å²) in [6.07, 6.45) is 0.592. The average molecular weight is 304 g/mol. The number of ether oxygens (including phenoxy) is 1. The van der Waals surface area contributed by atoms with Gasteiger partial charge in [0.1, 0.15) is 5.82 Å². The number of nitrogens with two attached hydrogens (primary N) is 1. The van der Waals surface area contributed by atoms with Crippen molar-refractivity contribution in [3.8, 4) is 0 Å². The maximum Gasteiger partial charge on any atom is 0.123 e. The fourth-order valence-electron chi connectivity index (χ4n) is 1.40. The molecule has 0 saturated heterocycles. The van der Waals surface area contributed by atoms with E-state index in [1.807, 2.05) is 20.8 Å². The second-order valence-corrected chi connectivity index (χ2v) is 5.98. The van der Waals surface area contributed by atoms with E-state index in [0.717, 1.165) is 10.0 Å². The van der Waals surface area contributed by atoms with Crippen molar-refractivity contribution in [2.45, 2.75) is 38.8 Å². The third-order valence-corrected chi connectivity index (χ3v) is 2.99. The maximum absolute atomic E-state index is 13.1. The van der Waals surface area contributed by atoms with Crippen molar-refractivity contribution in [2.75, 3.05) is 6.61 Å². The van der Waals surface area contributed by atoms with Crippen LogP contribution >= 0.6 is 15.9 Å². The molecule has 0 aromatic heterocycles. The van der Waals surface area contributed by atoms with Crippen molar-refractivity contribution < 1.29 is 9.13 Å². The first kappa shape index (κ1) is 14.6. The molecule has 1 unspecified atom stereocenters. The van der Waals surface area contributed by atoms with Crippen LogP contribution in [0.15, 0.2) is 22.7 Å². The molecular weight excluding hydrogens is 285 g/mol. The summed E-state index contributed by atoms with van der Waals surface area (Å²) in [6.45, 7) is 6.42. The van der Waals surface area contributed by atoms with Crippen LogP contribution in [-0.4, -0.2) is 18.2 Å². The molecule has 0 aliphatic carbocycles. The molecule has 0 radical (unpaired) electrons. The zero-order chi connectivity index (χ0) is 13.1. The van der Waals surface area contributed by atoms with Gasteiger partial charge in [0, 0.05) is 10.5 Å². The zero-order valence-corrected chi connectivity index (χ0v) is 12.1. The molecule has 0 aliphatic rings. The van der Waals surface area contributed by atoms with Crippen molar-refractivity contribution in [3.05, 3.63) is 34.1 Å². The molecule has 0 amide bonds. The number of rotatable bonds is 4. The fraction of sp³-hybridized carbons (Fsp3) is 0.538. The van der Waals surface area contributed by atoms with Gasteiger partial charge < -0.3 is 10.5 Å². The Morgan fingerprint density at radius 1 is 1.41 bits per heavy atom. The SMILES string of the molecule is CC(C)(C)OCC(N)Cc1cc(F)ccc1Br. The van der Waals surface area contributed by atoms with Gasteiger partial charge in [0.25, 0.3) is 0 Å². The Labute approximate surface area is 110 Å². The molecule has 1 aromatic rings. The van der Waals surface area contributed by atoms with Gasteiger partial charge >= 0.3 is 0 Å². The van der Waals surface area contributed by atoms with E-state index in [9.17, 15) is 4.39 Å². The van der Waals surface area contributed by atoms with E-state index in [1.165, 1.54) is 12.1 Å². The smallest absolute Gasteiger partial charge is 0.123 e. The van der Waals surface area contributed by atoms with Crippen LogP contribution in [0.4, 0.5) is 4.39 Å². The summed E-state index contributed by atoms with van der Waals surface area (Å²) in [4.78, 5) is 0. The summed E-state index contributed by atoms with van der Waals surface area (Å²) in [5.41, 5.74) is 6.64. The molecule has 0 aliphatic heterocycles. The summed E-state index contributed by atoms with van der Waals surface area (Å²) in [6, 6.07) is 4.49. The van der Waals surface area contributed by atoms with Crippen LogP contribution < -0.4 is 5.73 Å². The normalized spacial score (nSPS) is 13.8. The topological polar surface area (TPSA) is 35.2 Å². The van der Waals surface area contributed by atoms with E-state index in [-0.39, 0.29) is 17.5 Å². The van der Waals surface area contributed by atoms with E-state index in [2.05, 4.69) is 15.9 Å². The van der Waals surface area contributed by atoms with Crippen LogP contribution in [0.25, 0.3) is 0 Å². The molecule has 4 heteroatoms. The Morgan fingerprint density at radius 3 is 2.65 bits per heavy atom. The van der Waals surface area contributed by atoms with Gasteiger partial charge in [-0.15, -0.1) is 0 Å². The number of halogens is 2. The van der Waals surface area contributed by atoms with Crippen molar-refractivity contribution in [2.24, 2.45) is 5.73 Å². The van der Waals surface area contributed by atoms with Gasteiger partial charge in [-0.25, -0.2) is 4.39 Å². The van der Waals surface area contributed by atoms with Crippen LogP contribution in [0.3, 0.4) is 0 Å². The predicted molar refractivity (Wildman–Crippen MR) is 71.5 cm³/mol. The first-order valence-corrected chi connectivity index (χ1v) is 6.41. The van der Waals surface area contributed by atoms with Gasteiger partial charge in [-0.2, -0.15) is 0 Å². The van der Waals surface area contributed by atoms with E-state index >= 15 is 0 Å². The van der Waals surface area contributed by atoms with Crippen molar-refractivity contribution in [1.82, 2.24) is 0 Å². The van der Waals surface area contributed by atoms with Crippen LogP contribution in [0, 0.1) is 5.82 Å². The van der Waals surface area contributed by atoms with E-state index in [0.29, 0.717) is 13.0 Å². The lowest BCUT2D eigenvalue weighted by Gasteiger charge is -2.22. The molecule has 1 rings (SSSR count). The second-order valence-electron chi connectivity index (χ2n) is 5.12. The maximum atomic E-state index is 13.1. The third-order valence-electron chi connectivity index (χ3n) is 2.22. The minimum Gasteiger partial charge on any atom is -0.374 e. The Kier molecular flexibility index (Phi) is 5.10. The Hall–Kier alpha value is -0.450. The summed E-state index contributed by atoms with van der Waals surface area (Å²) in [5, 5.41) is 0. The van der Waals surface area contributed by atoms with Gasteiger partial charge in [-0.3, -0.25) is 0 Å². The molecule has 0 spiro atoms. The standard InChI is InChI=1S/C13H19BrFNO/c1-13(2,3)17-8-11(16)7-9-6-10(15)4-5-12(9)14/h4-6,11H,7-8,16H2,1-3H3. The van der Waals surface area contributed by atoms with Crippen molar-refractivity contribution >= 4 is 15.9 Å². The van der Waals surface area contributed by atoms with E-state index < -0.39 is 0 Å². The Bertz CT molecular complexity index is 376. The monoisotopic (exact) mass is 303 g/mol. The van der Waals surface area contributed by atoms with Crippen LogP contribution in [0.1, 0.15) is 26.3 Å². The zero-order valence-electron chi connectivity index (χ0n) is 10.5. The highest BCUT2D eigenvalue weighted by atomic mass is 79.9. The predicted octanol–water partition coefficient (Wildman–Crippen LogP) is 3.27. The van der Waals surface area contributed by atoms with Gasteiger partial charge in [-0.1, -0.05) is 15.9 Å². The molecular formula is C13H19BrFNO. The highest BCUT2D eigenvalue weighted by Crippen LogP contribution is 2.19. The molecule has 0 bridgehead atoms. The lowest BCUT2D eigenvalue weighted by Crippen LogP contribution is -2.33. The van der Waals surface area contributed by atoms with E-state index in [1.54, 1.807) is 6.07 Å². The first-order valence-electron chi connectivity index (χ1n) is 5.61. The third kappa shape index (κ3) is 5.61. The summed E-state index contributed by atoms with van der Waals surface area (Å²) >= 11 is 3.39. The molecule has 2 nitrogen and oxygen atoms in total. The Balaban J connectivity index is 2.56. The molecule has 2 N–H and O–H groups in total. The van der Waals surface area contributed by atoms with Crippen molar-refractivity contribution in [3.63, 3.8) is 0 Å². The quantitative estimate of drug-likeness (QED) is 0.926. The van der Waals surface area contributed by atoms with Crippen molar-refractivity contribution in [1.29, 1.82) is 0 Å². The summed E-state index contributed by atoms with van der Waals surface area (Å²) in [5.74, 6) is -0.243. The van der Waals surface area contributed by atoms with Crippen LogP contribution in [0.5, 0.6) is 0 Å². The molecule has 17 heavy (non-hydrogen) atoms. The molecule has 0 fully saturated rings. The van der Waals surface area contributed by atoms with Crippen LogP contribution in [-0.2, 0) is 11.2 Å².